The maximum absolute atomic E-state index is 15.5. The molecular formula is C33H47F2N4V-3. The summed E-state index contributed by atoms with van der Waals surface area (Å²) in [6.07, 6.45) is 13.6. The quantitative estimate of drug-likeness (QED) is 0.139. The Labute approximate surface area is 253 Å². The van der Waals surface area contributed by atoms with Crippen LogP contribution in [0.25, 0.3) is 11.0 Å². The molecule has 0 amide bonds. The first-order chi connectivity index (χ1) is 18.7. The van der Waals surface area contributed by atoms with Gasteiger partial charge in [-0.05, 0) is 72.2 Å². The minimum Gasteiger partial charge on any atom is -0.343 e. The molecule has 4 nitrogen and oxygen atoms in total. The topological polar surface area (TPSA) is 43.6 Å². The summed E-state index contributed by atoms with van der Waals surface area (Å²) >= 11 is 0. The van der Waals surface area contributed by atoms with Crippen LogP contribution in [-0.4, -0.2) is 19.7 Å². The van der Waals surface area contributed by atoms with E-state index in [4.69, 9.17) is 0 Å². The largest absolute Gasteiger partial charge is 0.343 e. The maximum atomic E-state index is 15.5. The van der Waals surface area contributed by atoms with Crippen molar-refractivity contribution in [1.82, 2.24) is 19.7 Å². The standard InChI is InChI=1S/C28H37F2N4.C5H10.V/c1-7-10-12-21(13-19(5)18(4)9-3)26-23(11-8-2)22(14-25(29)27(26)30)16-34-28-24(20(6)33-34)15-31-17-32-28;1-3-5-4-2;/h14,17-18,21H,5,7-13,16H2,1-4,6H3;1-5H2;/q-1;-2;/t18-,21?;;/m1../s1. The summed E-state index contributed by atoms with van der Waals surface area (Å²) in [5, 5.41) is 5.34. The molecule has 2 atom stereocenters. The Balaban J connectivity index is 0.00000122. The molecule has 0 spiro atoms. The Hall–Kier alpha value is -2.05. The molecule has 0 aliphatic heterocycles. The monoisotopic (exact) mass is 588 g/mol. The van der Waals surface area contributed by atoms with Crippen LogP contribution in [0.15, 0.2) is 24.5 Å². The number of aryl methyl sites for hydroxylation is 1. The van der Waals surface area contributed by atoms with Gasteiger partial charge in [0.25, 0.3) is 0 Å². The van der Waals surface area contributed by atoms with Crippen molar-refractivity contribution in [3.63, 3.8) is 0 Å². The van der Waals surface area contributed by atoms with Crippen molar-refractivity contribution in [3.05, 3.63) is 78.6 Å². The maximum Gasteiger partial charge on any atom is 0.162 e. The Morgan fingerprint density at radius 1 is 1.12 bits per heavy atom. The second-order valence-corrected chi connectivity index (χ2v) is 10.5. The summed E-state index contributed by atoms with van der Waals surface area (Å²) < 4.78 is 32.3. The van der Waals surface area contributed by atoms with Gasteiger partial charge in [-0.25, -0.2) is 13.9 Å². The molecule has 3 aromatic rings. The van der Waals surface area contributed by atoms with Gasteiger partial charge >= 0.3 is 0 Å². The molecule has 0 fully saturated rings. The first-order valence-corrected chi connectivity index (χ1v) is 14.5. The molecule has 221 valence electrons. The number of hydrogen-bond acceptors (Lipinski definition) is 3. The number of rotatable bonds is 14. The molecule has 1 aromatic carbocycles. The molecule has 7 heteroatoms. The van der Waals surface area contributed by atoms with Crippen molar-refractivity contribution in [3.8, 4) is 0 Å². The van der Waals surface area contributed by atoms with E-state index in [1.807, 2.05) is 6.92 Å². The molecule has 1 unspecified atom stereocenters. The normalized spacial score (nSPS) is 12.4. The van der Waals surface area contributed by atoms with E-state index >= 15 is 8.78 Å². The summed E-state index contributed by atoms with van der Waals surface area (Å²) in [5.74, 6) is -1.24. The minimum absolute atomic E-state index is 0. The first kappa shape index (κ1) is 36.0. The van der Waals surface area contributed by atoms with Crippen molar-refractivity contribution in [1.29, 1.82) is 0 Å². The Morgan fingerprint density at radius 2 is 1.82 bits per heavy atom. The van der Waals surface area contributed by atoms with Crippen LogP contribution in [0.2, 0.25) is 0 Å². The van der Waals surface area contributed by atoms with Gasteiger partial charge in [-0.3, -0.25) is 4.68 Å². The number of nitrogens with zero attached hydrogens (tertiary/aromatic N) is 4. The van der Waals surface area contributed by atoms with Gasteiger partial charge in [-0.1, -0.05) is 71.4 Å². The molecule has 0 N–H and O–H groups in total. The molecule has 2 aromatic heterocycles. The molecule has 0 aliphatic carbocycles. The van der Waals surface area contributed by atoms with Gasteiger partial charge in [0, 0.05) is 24.9 Å². The molecular weight excluding hydrogens is 541 g/mol. The smallest absolute Gasteiger partial charge is 0.162 e. The first-order valence-electron chi connectivity index (χ1n) is 14.5. The SMILES string of the molecule is C=C(CC(CCCC)c1c(F)c(F)cc(Cn2nc(C)c3[c-]ncnc32)c1CCC)[C@H](C)CC.[CH2-]CCC[CH2-].[V]. The van der Waals surface area contributed by atoms with Gasteiger partial charge in [-0.15, -0.1) is 6.42 Å². The average molecular weight is 589 g/mol. The van der Waals surface area contributed by atoms with E-state index in [-0.39, 0.29) is 24.5 Å². The van der Waals surface area contributed by atoms with Gasteiger partial charge in [0.1, 0.15) is 0 Å². The van der Waals surface area contributed by atoms with Gasteiger partial charge < -0.3 is 23.8 Å². The van der Waals surface area contributed by atoms with E-state index in [9.17, 15) is 0 Å². The zero-order chi connectivity index (χ0) is 28.9. The van der Waals surface area contributed by atoms with Crippen LogP contribution in [0, 0.1) is 44.5 Å². The van der Waals surface area contributed by atoms with Crippen molar-refractivity contribution in [2.24, 2.45) is 5.92 Å². The van der Waals surface area contributed by atoms with Crippen LogP contribution in [0.4, 0.5) is 8.78 Å². The van der Waals surface area contributed by atoms with E-state index in [0.717, 1.165) is 72.7 Å². The number of halogens is 2. The molecule has 1 radical (unpaired) electrons. The number of benzene rings is 1. The predicted molar refractivity (Wildman–Crippen MR) is 158 cm³/mol. The number of hydrogen-bond donors (Lipinski definition) is 0. The van der Waals surface area contributed by atoms with Crippen molar-refractivity contribution < 1.29 is 27.3 Å². The summed E-state index contributed by atoms with van der Waals surface area (Å²) in [7, 11) is 0. The number of unbranched alkanes of at least 4 members (excludes halogenated alkanes) is 3. The molecule has 0 saturated heterocycles. The third kappa shape index (κ3) is 9.51. The van der Waals surface area contributed by atoms with E-state index < -0.39 is 11.6 Å². The van der Waals surface area contributed by atoms with E-state index in [0.29, 0.717) is 36.5 Å². The summed E-state index contributed by atoms with van der Waals surface area (Å²) in [6.45, 7) is 22.3. The zero-order valence-electron chi connectivity index (χ0n) is 25.2. The number of aromatic nitrogens is 4. The Bertz CT molecular complexity index is 1190. The van der Waals surface area contributed by atoms with Gasteiger partial charge in [0.15, 0.2) is 11.6 Å². The summed E-state index contributed by atoms with van der Waals surface area (Å²) in [5.41, 5.74) is 4.71. The van der Waals surface area contributed by atoms with Crippen LogP contribution in [0.1, 0.15) is 114 Å². The van der Waals surface area contributed by atoms with Crippen molar-refractivity contribution >= 4 is 11.0 Å². The van der Waals surface area contributed by atoms with Crippen molar-refractivity contribution in [2.75, 3.05) is 0 Å². The summed E-state index contributed by atoms with van der Waals surface area (Å²) in [6, 6.07) is 1.35. The van der Waals surface area contributed by atoms with Crippen LogP contribution >= 0.6 is 0 Å². The van der Waals surface area contributed by atoms with Crippen molar-refractivity contribution in [2.45, 2.75) is 111 Å². The Kier molecular flexibility index (Phi) is 16.6. The summed E-state index contributed by atoms with van der Waals surface area (Å²) in [4.78, 5) is 8.33. The molecule has 2 heterocycles. The predicted octanol–water partition coefficient (Wildman–Crippen LogP) is 9.30. The minimum atomic E-state index is -0.796. The molecule has 0 bridgehead atoms. The molecule has 3 rings (SSSR count). The fourth-order valence-corrected chi connectivity index (χ4v) is 4.91. The van der Waals surface area contributed by atoms with Crippen LogP contribution in [0.3, 0.4) is 0 Å². The van der Waals surface area contributed by atoms with Crippen LogP contribution < -0.4 is 0 Å². The van der Waals surface area contributed by atoms with Crippen LogP contribution in [-0.2, 0) is 31.5 Å². The fourth-order valence-electron chi connectivity index (χ4n) is 4.91. The number of fused-ring (bicyclic) bond motifs is 1. The average Bonchev–Trinajstić information content (AvgIpc) is 3.25. The van der Waals surface area contributed by atoms with Gasteiger partial charge in [0.2, 0.25) is 0 Å². The molecule has 0 saturated carbocycles. The fraction of sp³-hybridized carbons (Fsp3) is 0.545. The van der Waals surface area contributed by atoms with E-state index in [1.54, 1.807) is 4.68 Å². The Morgan fingerprint density at radius 3 is 2.40 bits per heavy atom. The second kappa shape index (κ2) is 18.4. The number of allylic oxidation sites excluding steroid dienone is 1. The van der Waals surface area contributed by atoms with Gasteiger partial charge in [-0.2, -0.15) is 12.8 Å². The molecule has 0 aliphatic rings. The van der Waals surface area contributed by atoms with E-state index in [1.165, 1.54) is 18.8 Å². The zero-order valence-corrected chi connectivity index (χ0v) is 26.6. The third-order valence-corrected chi connectivity index (χ3v) is 7.43. The third-order valence-electron chi connectivity index (χ3n) is 7.43. The second-order valence-electron chi connectivity index (χ2n) is 10.5. The molecule has 40 heavy (non-hydrogen) atoms. The van der Waals surface area contributed by atoms with Crippen LogP contribution in [0.5, 0.6) is 0 Å². The van der Waals surface area contributed by atoms with E-state index in [2.05, 4.69) is 69.4 Å². The van der Waals surface area contributed by atoms with Gasteiger partial charge in [0.05, 0.1) is 12.2 Å².